The smallest absolute Gasteiger partial charge is 0.406 e. The van der Waals surface area contributed by atoms with Gasteiger partial charge >= 0.3 is 6.18 Å². The number of ether oxygens (including phenoxy) is 1. The first-order valence-corrected chi connectivity index (χ1v) is 11.5. The predicted octanol–water partition coefficient (Wildman–Crippen LogP) is 3.30. The molecule has 2 atom stereocenters. The van der Waals surface area contributed by atoms with Gasteiger partial charge in [-0.05, 0) is 30.7 Å². The summed E-state index contributed by atoms with van der Waals surface area (Å²) >= 11 is 0. The fraction of sp³-hybridized carbons (Fsp3) is 0.360. The fourth-order valence-electron chi connectivity index (χ4n) is 4.90. The molecule has 5 rings (SSSR count). The first-order valence-electron chi connectivity index (χ1n) is 11.5. The van der Waals surface area contributed by atoms with Gasteiger partial charge in [-0.1, -0.05) is 18.2 Å². The monoisotopic (exact) mass is 501 g/mol. The minimum atomic E-state index is -4.43. The van der Waals surface area contributed by atoms with E-state index in [1.165, 1.54) is 11.7 Å². The van der Waals surface area contributed by atoms with Crippen LogP contribution in [-0.4, -0.2) is 68.6 Å². The number of piperidine rings is 1. The molecule has 0 spiro atoms. The lowest BCUT2D eigenvalue weighted by molar-refractivity contribution is -0.139. The van der Waals surface area contributed by atoms with Gasteiger partial charge in [0.25, 0.3) is 5.91 Å². The highest BCUT2D eigenvalue weighted by Crippen LogP contribution is 2.35. The number of aliphatic hydroxyl groups excluding tert-OH is 1. The normalized spacial score (nSPS) is 18.8. The number of aliphatic hydroxyl groups is 1. The van der Waals surface area contributed by atoms with Gasteiger partial charge in [0.15, 0.2) is 5.82 Å². The topological polar surface area (TPSA) is 98.5 Å². The molecule has 190 valence electrons. The molecule has 1 aliphatic rings. The maximum Gasteiger partial charge on any atom is 0.406 e. The van der Waals surface area contributed by atoms with Gasteiger partial charge < -0.3 is 29.6 Å². The number of imidazole rings is 1. The van der Waals surface area contributed by atoms with Crippen molar-refractivity contribution in [2.45, 2.75) is 31.3 Å². The number of para-hydroxylation sites is 1. The second kappa shape index (κ2) is 8.82. The van der Waals surface area contributed by atoms with Gasteiger partial charge in [0, 0.05) is 42.6 Å². The molecule has 0 saturated carbocycles. The van der Waals surface area contributed by atoms with Crippen LogP contribution in [0, 0.1) is 0 Å². The number of carbonyl (C=O) groups excluding carboxylic acids is 1. The summed E-state index contributed by atoms with van der Waals surface area (Å²) in [5, 5.41) is 10.6. The maximum atomic E-state index is 13.5. The van der Waals surface area contributed by atoms with Crippen molar-refractivity contribution < 1.29 is 27.8 Å². The average Bonchev–Trinajstić information content (AvgIpc) is 3.36. The van der Waals surface area contributed by atoms with Crippen LogP contribution in [0.3, 0.4) is 0 Å². The van der Waals surface area contributed by atoms with Gasteiger partial charge in [0.05, 0.1) is 24.4 Å². The number of hydrogen-bond acceptors (Lipinski definition) is 5. The van der Waals surface area contributed by atoms with Crippen LogP contribution in [0.15, 0.2) is 42.5 Å². The van der Waals surface area contributed by atoms with Crippen LogP contribution in [-0.2, 0) is 13.6 Å². The third-order valence-corrected chi connectivity index (χ3v) is 6.69. The summed E-state index contributed by atoms with van der Waals surface area (Å²) in [6.45, 7) is -0.592. The first kappa shape index (κ1) is 24.1. The highest BCUT2D eigenvalue weighted by molar-refractivity contribution is 6.00. The van der Waals surface area contributed by atoms with E-state index in [4.69, 9.17) is 10.5 Å². The van der Waals surface area contributed by atoms with Crippen LogP contribution in [0.1, 0.15) is 16.8 Å². The number of methoxy groups -OCH3 is 1. The van der Waals surface area contributed by atoms with Gasteiger partial charge in [-0.25, -0.2) is 4.98 Å². The van der Waals surface area contributed by atoms with Crippen LogP contribution in [0.2, 0.25) is 0 Å². The number of nitrogens with zero attached hydrogens (tertiary/aromatic N) is 4. The summed E-state index contributed by atoms with van der Waals surface area (Å²) in [5.41, 5.74) is 7.99. The van der Waals surface area contributed by atoms with E-state index in [0.29, 0.717) is 57.7 Å². The zero-order chi connectivity index (χ0) is 25.8. The van der Waals surface area contributed by atoms with Crippen LogP contribution in [0.5, 0.6) is 5.75 Å². The van der Waals surface area contributed by atoms with Gasteiger partial charge in [-0.15, -0.1) is 0 Å². The van der Waals surface area contributed by atoms with Crippen LogP contribution < -0.4 is 10.5 Å². The number of rotatable bonds is 4. The molecule has 4 aromatic rings. The Balaban J connectivity index is 1.63. The molecule has 1 fully saturated rings. The predicted molar refractivity (Wildman–Crippen MR) is 129 cm³/mol. The molecule has 0 bridgehead atoms. The number of halogens is 3. The molecule has 0 aliphatic carbocycles. The molecule has 3 N–H and O–H groups in total. The Morgan fingerprint density at radius 2 is 2.00 bits per heavy atom. The Labute approximate surface area is 204 Å². The molecule has 3 heterocycles. The van der Waals surface area contributed by atoms with Gasteiger partial charge in [0.2, 0.25) is 0 Å². The number of carbonyl (C=O) groups is 1. The zero-order valence-electron chi connectivity index (χ0n) is 19.8. The van der Waals surface area contributed by atoms with E-state index >= 15 is 0 Å². The van der Waals surface area contributed by atoms with Crippen molar-refractivity contribution in [2.75, 3.05) is 20.2 Å². The Bertz CT molecular complexity index is 1460. The van der Waals surface area contributed by atoms with E-state index < -0.39 is 24.9 Å². The summed E-state index contributed by atoms with van der Waals surface area (Å²) in [5.74, 6) is 0.407. The molecule has 36 heavy (non-hydrogen) atoms. The molecule has 2 aromatic heterocycles. The molecular formula is C25H26F3N5O3. The van der Waals surface area contributed by atoms with E-state index in [0.717, 1.165) is 0 Å². The Morgan fingerprint density at radius 1 is 1.25 bits per heavy atom. The summed E-state index contributed by atoms with van der Waals surface area (Å²) in [7, 11) is 3.17. The second-order valence-electron chi connectivity index (χ2n) is 9.10. The Kier molecular flexibility index (Phi) is 5.92. The molecule has 1 amide bonds. The molecule has 0 radical (unpaired) electrons. The van der Waals surface area contributed by atoms with Crippen molar-refractivity contribution in [1.29, 1.82) is 0 Å². The third kappa shape index (κ3) is 4.18. The van der Waals surface area contributed by atoms with Gasteiger partial charge in [-0.2, -0.15) is 13.2 Å². The number of benzene rings is 2. The number of likely N-dealkylation sites (tertiary alicyclic amines) is 1. The summed E-state index contributed by atoms with van der Waals surface area (Å²) in [6, 6.07) is 11.2. The number of nitrogens with two attached hydrogens (primary N) is 1. The third-order valence-electron chi connectivity index (χ3n) is 6.69. The van der Waals surface area contributed by atoms with E-state index in [9.17, 15) is 23.1 Å². The van der Waals surface area contributed by atoms with Crippen LogP contribution >= 0.6 is 0 Å². The van der Waals surface area contributed by atoms with Gasteiger partial charge in [0.1, 0.15) is 17.8 Å². The summed E-state index contributed by atoms with van der Waals surface area (Å²) in [6.07, 6.45) is -4.71. The molecule has 2 aromatic carbocycles. The molecule has 11 heteroatoms. The minimum Gasteiger partial charge on any atom is -0.494 e. The van der Waals surface area contributed by atoms with Crippen molar-refractivity contribution in [3.8, 4) is 17.3 Å². The summed E-state index contributed by atoms with van der Waals surface area (Å²) in [4.78, 5) is 19.4. The van der Waals surface area contributed by atoms with Gasteiger partial charge in [-0.3, -0.25) is 4.79 Å². The molecular weight excluding hydrogens is 475 g/mol. The Morgan fingerprint density at radius 3 is 2.69 bits per heavy atom. The largest absolute Gasteiger partial charge is 0.494 e. The van der Waals surface area contributed by atoms with Crippen molar-refractivity contribution in [1.82, 2.24) is 19.0 Å². The molecule has 1 aliphatic heterocycles. The number of aryl methyl sites for hydroxylation is 1. The van der Waals surface area contributed by atoms with Crippen molar-refractivity contribution in [3.63, 3.8) is 0 Å². The van der Waals surface area contributed by atoms with E-state index in [1.807, 2.05) is 0 Å². The maximum absolute atomic E-state index is 13.5. The SMILES string of the molecule is COc1cc(C(=O)N2CC[C@@H](O)[C@@H](N)C2)cc2nc(-c3cc4ccccc4n3CC(F)(F)F)n(C)c12. The lowest BCUT2D eigenvalue weighted by Gasteiger charge is -2.34. The minimum absolute atomic E-state index is 0.214. The number of fused-ring (bicyclic) bond motifs is 2. The van der Waals surface area contributed by atoms with E-state index in [1.54, 1.807) is 59.0 Å². The van der Waals surface area contributed by atoms with Crippen molar-refractivity contribution >= 4 is 27.8 Å². The molecule has 1 saturated heterocycles. The van der Waals surface area contributed by atoms with Crippen molar-refractivity contribution in [3.05, 3.63) is 48.0 Å². The van der Waals surface area contributed by atoms with E-state index in [-0.39, 0.29) is 12.5 Å². The lowest BCUT2D eigenvalue weighted by atomic mass is 10.0. The van der Waals surface area contributed by atoms with Crippen LogP contribution in [0.25, 0.3) is 33.5 Å². The molecule has 8 nitrogen and oxygen atoms in total. The van der Waals surface area contributed by atoms with E-state index in [2.05, 4.69) is 4.98 Å². The Hall–Kier alpha value is -3.57. The number of amides is 1. The zero-order valence-corrected chi connectivity index (χ0v) is 19.8. The second-order valence-corrected chi connectivity index (χ2v) is 9.10. The molecule has 0 unspecified atom stereocenters. The highest BCUT2D eigenvalue weighted by Gasteiger charge is 2.32. The number of aromatic nitrogens is 3. The first-order chi connectivity index (χ1) is 17.1. The fourth-order valence-corrected chi connectivity index (χ4v) is 4.90. The number of hydrogen-bond donors (Lipinski definition) is 2. The number of alkyl halides is 3. The summed E-state index contributed by atoms with van der Waals surface area (Å²) < 4.78 is 48.9. The lowest BCUT2D eigenvalue weighted by Crippen LogP contribution is -2.53. The quantitative estimate of drug-likeness (QED) is 0.447. The van der Waals surface area contributed by atoms with Crippen molar-refractivity contribution in [2.24, 2.45) is 12.8 Å². The standard InChI is InChI=1S/C25H26F3N5O3/c1-31-22-17(9-15(11-21(22)36-2)24(35)32-8-7-20(34)16(29)12-32)30-23(31)19-10-14-5-3-4-6-18(14)33(19)13-25(26,27)28/h3-6,9-11,16,20,34H,7-8,12-13,29H2,1-2H3/t16-,20+/m0/s1. The highest BCUT2D eigenvalue weighted by atomic mass is 19.4. The van der Waals surface area contributed by atoms with Crippen LogP contribution in [0.4, 0.5) is 13.2 Å². The average molecular weight is 502 g/mol.